The number of rotatable bonds is 2. The molecule has 1 aromatic rings. The summed E-state index contributed by atoms with van der Waals surface area (Å²) in [5, 5.41) is 3.44. The Balaban J connectivity index is 2.13. The van der Waals surface area contributed by atoms with Crippen LogP contribution in [0.2, 0.25) is 5.02 Å². The van der Waals surface area contributed by atoms with Gasteiger partial charge in [0, 0.05) is 0 Å². The monoisotopic (exact) mass is 330 g/mol. The van der Waals surface area contributed by atoms with Crippen molar-refractivity contribution in [2.24, 2.45) is 5.73 Å². The minimum atomic E-state index is -0.736. The summed E-state index contributed by atoms with van der Waals surface area (Å²) in [4.78, 5) is 12.3. The van der Waals surface area contributed by atoms with Crippen LogP contribution in [-0.4, -0.2) is 11.4 Å². The normalized spacial score (nSPS) is 18.4. The average molecular weight is 332 g/mol. The summed E-state index contributed by atoms with van der Waals surface area (Å²) in [6.45, 7) is 0. The molecule has 1 amide bonds. The van der Waals surface area contributed by atoms with Gasteiger partial charge in [0.15, 0.2) is 0 Å². The van der Waals surface area contributed by atoms with Gasteiger partial charge in [-0.05, 0) is 40.9 Å². The second kappa shape index (κ2) is 5.59. The van der Waals surface area contributed by atoms with E-state index in [1.807, 2.05) is 0 Å². The predicted molar refractivity (Wildman–Crippen MR) is 77.8 cm³/mol. The lowest BCUT2D eigenvalue weighted by Crippen LogP contribution is -2.52. The van der Waals surface area contributed by atoms with E-state index in [9.17, 15) is 4.79 Å². The minimum absolute atomic E-state index is 0.120. The third kappa shape index (κ3) is 2.87. The van der Waals surface area contributed by atoms with Crippen molar-refractivity contribution in [2.45, 2.75) is 37.6 Å². The summed E-state index contributed by atoms with van der Waals surface area (Å²) in [7, 11) is 0. The van der Waals surface area contributed by atoms with Crippen LogP contribution in [0.5, 0.6) is 0 Å². The number of anilines is 1. The Morgan fingerprint density at radius 1 is 1.33 bits per heavy atom. The van der Waals surface area contributed by atoms with Gasteiger partial charge in [0.2, 0.25) is 5.91 Å². The third-order valence-electron chi connectivity index (χ3n) is 3.40. The maximum Gasteiger partial charge on any atom is 0.244 e. The number of carbonyl (C=O) groups is 1. The molecular weight excluding hydrogens is 316 g/mol. The van der Waals surface area contributed by atoms with Crippen LogP contribution < -0.4 is 11.1 Å². The molecule has 1 saturated carbocycles. The first-order valence-electron chi connectivity index (χ1n) is 6.07. The summed E-state index contributed by atoms with van der Waals surface area (Å²) in [6, 6.07) is 5.37. The van der Waals surface area contributed by atoms with Crippen LogP contribution >= 0.6 is 27.5 Å². The van der Waals surface area contributed by atoms with Crippen LogP contribution in [-0.2, 0) is 4.79 Å². The Labute approximate surface area is 120 Å². The third-order valence-corrected chi connectivity index (χ3v) is 4.80. The number of benzene rings is 1. The summed E-state index contributed by atoms with van der Waals surface area (Å²) in [6.07, 6.45) is 4.68. The lowest BCUT2D eigenvalue weighted by atomic mass is 9.82. The van der Waals surface area contributed by atoms with Gasteiger partial charge in [-0.2, -0.15) is 0 Å². The molecule has 1 aromatic carbocycles. The quantitative estimate of drug-likeness (QED) is 0.868. The van der Waals surface area contributed by atoms with Crippen LogP contribution in [0.1, 0.15) is 32.1 Å². The summed E-state index contributed by atoms with van der Waals surface area (Å²) < 4.78 is 0.694. The van der Waals surface area contributed by atoms with Gasteiger partial charge >= 0.3 is 0 Å². The van der Waals surface area contributed by atoms with E-state index in [1.54, 1.807) is 18.2 Å². The Bertz CT molecular complexity index is 458. The van der Waals surface area contributed by atoms with Gasteiger partial charge in [-0.1, -0.05) is 36.9 Å². The lowest BCUT2D eigenvalue weighted by Gasteiger charge is -2.31. The molecule has 0 radical (unpaired) electrons. The summed E-state index contributed by atoms with van der Waals surface area (Å²) in [5.41, 5.74) is 6.11. The standard InChI is InChI=1S/C13H16BrClN2O/c14-11-9(15)5-4-6-10(11)17-12(18)13(16)7-2-1-3-8-13/h4-6H,1-3,7-8,16H2,(H,17,18). The number of halogens is 2. The highest BCUT2D eigenvalue weighted by atomic mass is 79.9. The predicted octanol–water partition coefficient (Wildman–Crippen LogP) is 3.70. The second-order valence-electron chi connectivity index (χ2n) is 4.77. The molecule has 0 heterocycles. The van der Waals surface area contributed by atoms with E-state index < -0.39 is 5.54 Å². The van der Waals surface area contributed by atoms with Crippen LogP contribution in [0.3, 0.4) is 0 Å². The van der Waals surface area contributed by atoms with Gasteiger partial charge in [0.25, 0.3) is 0 Å². The molecule has 0 unspecified atom stereocenters. The number of hydrogen-bond acceptors (Lipinski definition) is 2. The topological polar surface area (TPSA) is 55.1 Å². The van der Waals surface area contributed by atoms with Crippen LogP contribution in [0.4, 0.5) is 5.69 Å². The fraction of sp³-hybridized carbons (Fsp3) is 0.462. The first kappa shape index (κ1) is 13.8. The highest BCUT2D eigenvalue weighted by Crippen LogP contribution is 2.32. The fourth-order valence-corrected chi connectivity index (χ4v) is 2.79. The number of nitrogens with two attached hydrogens (primary N) is 1. The molecule has 0 bridgehead atoms. The van der Waals surface area contributed by atoms with Crippen LogP contribution in [0.15, 0.2) is 22.7 Å². The molecule has 0 aliphatic heterocycles. The second-order valence-corrected chi connectivity index (χ2v) is 5.97. The van der Waals surface area contributed by atoms with Gasteiger partial charge in [0.1, 0.15) is 0 Å². The summed E-state index contributed by atoms with van der Waals surface area (Å²) in [5.74, 6) is -0.120. The number of carbonyl (C=O) groups excluding carboxylic acids is 1. The molecule has 3 nitrogen and oxygen atoms in total. The van der Waals surface area contributed by atoms with Crippen molar-refractivity contribution < 1.29 is 4.79 Å². The zero-order chi connectivity index (χ0) is 13.2. The van der Waals surface area contributed by atoms with E-state index in [0.29, 0.717) is 15.2 Å². The van der Waals surface area contributed by atoms with Crippen molar-refractivity contribution in [3.05, 3.63) is 27.7 Å². The molecule has 2 rings (SSSR count). The van der Waals surface area contributed by atoms with Crippen molar-refractivity contribution in [1.29, 1.82) is 0 Å². The fourth-order valence-electron chi connectivity index (χ4n) is 2.26. The molecule has 5 heteroatoms. The molecular formula is C13H16BrClN2O. The highest BCUT2D eigenvalue weighted by molar-refractivity contribution is 9.10. The Hall–Kier alpha value is -0.580. The molecule has 18 heavy (non-hydrogen) atoms. The molecule has 1 fully saturated rings. The largest absolute Gasteiger partial charge is 0.323 e. The molecule has 0 atom stereocenters. The minimum Gasteiger partial charge on any atom is -0.323 e. The van der Waals surface area contributed by atoms with Gasteiger partial charge in [-0.25, -0.2) is 0 Å². The van der Waals surface area contributed by atoms with Crippen molar-refractivity contribution >= 4 is 39.1 Å². The van der Waals surface area contributed by atoms with E-state index in [0.717, 1.165) is 32.1 Å². The molecule has 98 valence electrons. The maximum atomic E-state index is 12.3. The van der Waals surface area contributed by atoms with Crippen molar-refractivity contribution in [2.75, 3.05) is 5.32 Å². The highest BCUT2D eigenvalue weighted by Gasteiger charge is 2.35. The Kier molecular flexibility index (Phi) is 4.30. The van der Waals surface area contributed by atoms with E-state index >= 15 is 0 Å². The summed E-state index contributed by atoms with van der Waals surface area (Å²) >= 11 is 9.35. The molecule has 1 aliphatic carbocycles. The Morgan fingerprint density at radius 3 is 2.67 bits per heavy atom. The zero-order valence-corrected chi connectivity index (χ0v) is 12.4. The lowest BCUT2D eigenvalue weighted by molar-refractivity contribution is -0.122. The first-order chi connectivity index (χ1) is 8.53. The molecule has 0 aromatic heterocycles. The van der Waals surface area contributed by atoms with Gasteiger partial charge in [-0.3, -0.25) is 4.79 Å². The zero-order valence-electron chi connectivity index (χ0n) is 10.0. The molecule has 0 saturated heterocycles. The van der Waals surface area contributed by atoms with Crippen LogP contribution in [0, 0.1) is 0 Å². The van der Waals surface area contributed by atoms with Crippen molar-refractivity contribution in [1.82, 2.24) is 0 Å². The van der Waals surface area contributed by atoms with Gasteiger partial charge in [-0.15, -0.1) is 0 Å². The van der Waals surface area contributed by atoms with E-state index in [1.165, 1.54) is 0 Å². The first-order valence-corrected chi connectivity index (χ1v) is 7.24. The van der Waals surface area contributed by atoms with Crippen molar-refractivity contribution in [3.8, 4) is 0 Å². The average Bonchev–Trinajstić information content (AvgIpc) is 2.36. The smallest absolute Gasteiger partial charge is 0.244 e. The van der Waals surface area contributed by atoms with E-state index in [-0.39, 0.29) is 5.91 Å². The van der Waals surface area contributed by atoms with Crippen LogP contribution in [0.25, 0.3) is 0 Å². The molecule has 0 spiro atoms. The molecule has 1 aliphatic rings. The number of hydrogen-bond donors (Lipinski definition) is 2. The van der Waals surface area contributed by atoms with Gasteiger partial charge in [0.05, 0.1) is 20.7 Å². The number of nitrogens with one attached hydrogen (secondary N) is 1. The van der Waals surface area contributed by atoms with Gasteiger partial charge < -0.3 is 11.1 Å². The number of amides is 1. The Morgan fingerprint density at radius 2 is 2.00 bits per heavy atom. The maximum absolute atomic E-state index is 12.3. The SMILES string of the molecule is NC1(C(=O)Nc2cccc(Cl)c2Br)CCCCC1. The van der Waals surface area contributed by atoms with E-state index in [2.05, 4.69) is 21.2 Å². The van der Waals surface area contributed by atoms with E-state index in [4.69, 9.17) is 17.3 Å². The van der Waals surface area contributed by atoms with Crippen molar-refractivity contribution in [3.63, 3.8) is 0 Å². The molecule has 3 N–H and O–H groups in total.